The first-order valence-corrected chi connectivity index (χ1v) is 7.03. The maximum absolute atomic E-state index is 4.57. The van der Waals surface area contributed by atoms with Gasteiger partial charge in [0, 0.05) is 19.3 Å². The van der Waals surface area contributed by atoms with Crippen molar-refractivity contribution in [3.8, 4) is 0 Å². The molecule has 19 heavy (non-hydrogen) atoms. The molecule has 0 unspecified atom stereocenters. The molecule has 1 N–H and O–H groups in total. The zero-order chi connectivity index (χ0) is 13.7. The second kappa shape index (κ2) is 6.52. The minimum absolute atomic E-state index is 0.830. The molecule has 0 aliphatic heterocycles. The predicted molar refractivity (Wildman–Crippen MR) is 76.0 cm³/mol. The summed E-state index contributed by atoms with van der Waals surface area (Å²) in [6, 6.07) is 2.19. The molecule has 0 amide bonds. The Balaban J connectivity index is 2.07. The van der Waals surface area contributed by atoms with E-state index in [9.17, 15) is 0 Å². The number of aryl methyl sites for hydroxylation is 2. The van der Waals surface area contributed by atoms with Crippen LogP contribution < -0.4 is 5.32 Å². The molecule has 0 saturated carbocycles. The van der Waals surface area contributed by atoms with Gasteiger partial charge in [0.15, 0.2) is 0 Å². The van der Waals surface area contributed by atoms with E-state index in [4.69, 9.17) is 0 Å². The van der Waals surface area contributed by atoms with Crippen molar-refractivity contribution in [2.75, 3.05) is 6.54 Å². The van der Waals surface area contributed by atoms with Crippen LogP contribution in [0.4, 0.5) is 0 Å². The van der Waals surface area contributed by atoms with Crippen LogP contribution in [0.2, 0.25) is 0 Å². The topological polar surface area (TPSA) is 47.7 Å². The summed E-state index contributed by atoms with van der Waals surface area (Å²) in [5.41, 5.74) is 3.48. The molecule has 5 heteroatoms. The highest BCUT2D eigenvalue weighted by atomic mass is 15.3. The van der Waals surface area contributed by atoms with E-state index < -0.39 is 0 Å². The summed E-state index contributed by atoms with van der Waals surface area (Å²) >= 11 is 0. The summed E-state index contributed by atoms with van der Waals surface area (Å²) in [6.45, 7) is 9.90. The highest BCUT2D eigenvalue weighted by Gasteiger charge is 2.07. The summed E-state index contributed by atoms with van der Waals surface area (Å²) in [6.07, 6.45) is 4.97. The highest BCUT2D eigenvalue weighted by Crippen LogP contribution is 2.08. The molecule has 0 spiro atoms. The first kappa shape index (κ1) is 13.8. The molecule has 0 fully saturated rings. The quantitative estimate of drug-likeness (QED) is 0.827. The van der Waals surface area contributed by atoms with Gasteiger partial charge < -0.3 is 9.88 Å². The molecule has 0 aliphatic rings. The van der Waals surface area contributed by atoms with Gasteiger partial charge in [-0.3, -0.25) is 4.68 Å². The van der Waals surface area contributed by atoms with Crippen LogP contribution in [0.15, 0.2) is 18.6 Å². The lowest BCUT2D eigenvalue weighted by atomic mass is 10.3. The van der Waals surface area contributed by atoms with Crippen molar-refractivity contribution in [3.63, 3.8) is 0 Å². The van der Waals surface area contributed by atoms with Gasteiger partial charge in [-0.05, 0) is 26.0 Å². The molecule has 2 heterocycles. The standard InChI is InChI=1S/C14H23N5/c1-4-12-7-14(19(6-3)17-12)10-18-9-13(16-11-18)8-15-5-2/h7,9,11,15H,4-6,8,10H2,1-3H3. The van der Waals surface area contributed by atoms with Crippen LogP contribution >= 0.6 is 0 Å². The van der Waals surface area contributed by atoms with Gasteiger partial charge in [-0.25, -0.2) is 4.98 Å². The fraction of sp³-hybridized carbons (Fsp3) is 0.571. The zero-order valence-corrected chi connectivity index (χ0v) is 12.1. The van der Waals surface area contributed by atoms with E-state index in [0.717, 1.165) is 44.0 Å². The molecule has 0 aromatic carbocycles. The van der Waals surface area contributed by atoms with E-state index in [1.165, 1.54) is 5.69 Å². The third-order valence-electron chi connectivity index (χ3n) is 3.16. The molecule has 0 aliphatic carbocycles. The van der Waals surface area contributed by atoms with Crippen molar-refractivity contribution in [2.24, 2.45) is 0 Å². The van der Waals surface area contributed by atoms with Crippen molar-refractivity contribution in [1.82, 2.24) is 24.6 Å². The first-order chi connectivity index (χ1) is 9.26. The fourth-order valence-electron chi connectivity index (χ4n) is 2.11. The van der Waals surface area contributed by atoms with Gasteiger partial charge in [-0.1, -0.05) is 13.8 Å². The van der Waals surface area contributed by atoms with Gasteiger partial charge in [0.1, 0.15) is 0 Å². The SMILES string of the molecule is CCNCc1cn(Cc2cc(CC)nn2CC)cn1. The Morgan fingerprint density at radius 3 is 2.74 bits per heavy atom. The second-order valence-corrected chi connectivity index (χ2v) is 4.61. The average Bonchev–Trinajstić information content (AvgIpc) is 3.03. The van der Waals surface area contributed by atoms with Crippen molar-refractivity contribution in [1.29, 1.82) is 0 Å². The van der Waals surface area contributed by atoms with Gasteiger partial charge in [0.25, 0.3) is 0 Å². The molecular formula is C14H23N5. The Morgan fingerprint density at radius 1 is 1.21 bits per heavy atom. The lowest BCUT2D eigenvalue weighted by Crippen LogP contribution is -2.12. The van der Waals surface area contributed by atoms with Gasteiger partial charge in [-0.15, -0.1) is 0 Å². The van der Waals surface area contributed by atoms with E-state index >= 15 is 0 Å². The van der Waals surface area contributed by atoms with Crippen LogP contribution in [0.5, 0.6) is 0 Å². The third kappa shape index (κ3) is 3.44. The molecule has 0 radical (unpaired) electrons. The van der Waals surface area contributed by atoms with Gasteiger partial charge in [-0.2, -0.15) is 5.10 Å². The minimum Gasteiger partial charge on any atom is -0.331 e. The van der Waals surface area contributed by atoms with Crippen molar-refractivity contribution in [3.05, 3.63) is 35.7 Å². The van der Waals surface area contributed by atoms with Crippen molar-refractivity contribution in [2.45, 2.75) is 46.8 Å². The second-order valence-electron chi connectivity index (χ2n) is 4.61. The maximum Gasteiger partial charge on any atom is 0.0953 e. The molecule has 0 atom stereocenters. The fourth-order valence-corrected chi connectivity index (χ4v) is 2.11. The molecule has 5 nitrogen and oxygen atoms in total. The Labute approximate surface area is 114 Å². The van der Waals surface area contributed by atoms with Crippen LogP contribution in [0, 0.1) is 0 Å². The lowest BCUT2D eigenvalue weighted by Gasteiger charge is -2.04. The van der Waals surface area contributed by atoms with Crippen LogP contribution in [-0.2, 0) is 26.1 Å². The Morgan fingerprint density at radius 2 is 2.05 bits per heavy atom. The Hall–Kier alpha value is -1.62. The number of nitrogens with zero attached hydrogens (tertiary/aromatic N) is 4. The number of rotatable bonds is 7. The highest BCUT2D eigenvalue weighted by molar-refractivity contribution is 5.11. The number of imidazole rings is 1. The molecule has 2 aromatic heterocycles. The van der Waals surface area contributed by atoms with E-state index in [1.807, 2.05) is 6.33 Å². The van der Waals surface area contributed by atoms with Crippen LogP contribution in [0.25, 0.3) is 0 Å². The minimum atomic E-state index is 0.830. The van der Waals surface area contributed by atoms with Crippen molar-refractivity contribution < 1.29 is 0 Å². The number of nitrogens with one attached hydrogen (secondary N) is 1. The third-order valence-corrected chi connectivity index (χ3v) is 3.16. The summed E-state index contributed by atoms with van der Waals surface area (Å²) in [5.74, 6) is 0. The molecule has 0 saturated heterocycles. The van der Waals surface area contributed by atoms with E-state index in [2.05, 4.69) is 57.7 Å². The maximum atomic E-state index is 4.57. The largest absolute Gasteiger partial charge is 0.331 e. The Kier molecular flexibility index (Phi) is 4.74. The van der Waals surface area contributed by atoms with Crippen LogP contribution in [-0.4, -0.2) is 25.9 Å². The zero-order valence-electron chi connectivity index (χ0n) is 12.1. The van der Waals surface area contributed by atoms with E-state index in [0.29, 0.717) is 0 Å². The number of hydrogen-bond acceptors (Lipinski definition) is 3. The number of aromatic nitrogens is 4. The van der Waals surface area contributed by atoms with E-state index in [1.54, 1.807) is 0 Å². The smallest absolute Gasteiger partial charge is 0.0953 e. The molecule has 0 bridgehead atoms. The molecule has 104 valence electrons. The van der Waals surface area contributed by atoms with Crippen LogP contribution in [0.1, 0.15) is 37.9 Å². The van der Waals surface area contributed by atoms with Gasteiger partial charge in [0.05, 0.1) is 30.0 Å². The molecular weight excluding hydrogens is 238 g/mol. The van der Waals surface area contributed by atoms with Crippen LogP contribution in [0.3, 0.4) is 0 Å². The first-order valence-electron chi connectivity index (χ1n) is 7.03. The van der Waals surface area contributed by atoms with Gasteiger partial charge in [0.2, 0.25) is 0 Å². The summed E-state index contributed by atoms with van der Waals surface area (Å²) < 4.78 is 4.19. The number of hydrogen-bond donors (Lipinski definition) is 1. The van der Waals surface area contributed by atoms with E-state index in [-0.39, 0.29) is 0 Å². The molecule has 2 aromatic rings. The summed E-state index contributed by atoms with van der Waals surface area (Å²) in [7, 11) is 0. The Bertz CT molecular complexity index is 512. The normalized spacial score (nSPS) is 11.1. The summed E-state index contributed by atoms with van der Waals surface area (Å²) in [5, 5.41) is 7.85. The summed E-state index contributed by atoms with van der Waals surface area (Å²) in [4.78, 5) is 4.40. The van der Waals surface area contributed by atoms with Crippen molar-refractivity contribution >= 4 is 0 Å². The monoisotopic (exact) mass is 261 g/mol. The average molecular weight is 261 g/mol. The lowest BCUT2D eigenvalue weighted by molar-refractivity contribution is 0.594. The van der Waals surface area contributed by atoms with Gasteiger partial charge >= 0.3 is 0 Å². The predicted octanol–water partition coefficient (Wildman–Crippen LogP) is 1.82. The molecule has 2 rings (SSSR count).